The summed E-state index contributed by atoms with van der Waals surface area (Å²) in [5.74, 6) is -0.836. The van der Waals surface area contributed by atoms with Crippen molar-refractivity contribution in [3.05, 3.63) is 23.9 Å². The lowest BCUT2D eigenvalue weighted by Crippen LogP contribution is -2.26. The highest BCUT2D eigenvalue weighted by atomic mass is 32.2. The predicted molar refractivity (Wildman–Crippen MR) is 71.4 cm³/mol. The van der Waals surface area contributed by atoms with E-state index in [-0.39, 0.29) is 17.2 Å². The lowest BCUT2D eigenvalue weighted by molar-refractivity contribution is -0.118. The van der Waals surface area contributed by atoms with Crippen LogP contribution in [0.1, 0.15) is 16.8 Å². The quantitative estimate of drug-likeness (QED) is 0.547. The molecule has 1 aromatic heterocycles. The number of aromatic nitrogens is 1. The lowest BCUT2D eigenvalue weighted by Gasteiger charge is -2.04. The zero-order chi connectivity index (χ0) is 14.1. The van der Waals surface area contributed by atoms with Gasteiger partial charge >= 0.3 is 5.97 Å². The van der Waals surface area contributed by atoms with Crippen LogP contribution in [0.15, 0.2) is 23.4 Å². The summed E-state index contributed by atoms with van der Waals surface area (Å²) in [5.41, 5.74) is 0.133. The third-order valence-corrected chi connectivity index (χ3v) is 3.13. The van der Waals surface area contributed by atoms with Gasteiger partial charge in [0.2, 0.25) is 5.91 Å². The molecule has 0 aromatic carbocycles. The summed E-state index contributed by atoms with van der Waals surface area (Å²) < 4.78 is 4.87. The first-order valence-corrected chi connectivity index (χ1v) is 6.70. The molecule has 1 amide bonds. The van der Waals surface area contributed by atoms with Crippen molar-refractivity contribution in [2.75, 3.05) is 26.0 Å². The van der Waals surface area contributed by atoms with Crippen LogP contribution < -0.4 is 5.32 Å². The van der Waals surface area contributed by atoms with Crippen molar-refractivity contribution in [2.24, 2.45) is 0 Å². The maximum Gasteiger partial charge on any atom is 0.337 e. The number of pyridine rings is 1. The summed E-state index contributed by atoms with van der Waals surface area (Å²) in [6.45, 7) is 1.20. The number of aromatic carboxylic acids is 1. The van der Waals surface area contributed by atoms with Gasteiger partial charge in [0.05, 0.1) is 16.3 Å². The number of carboxylic acids is 1. The molecule has 0 fully saturated rings. The molecule has 0 aliphatic heterocycles. The molecule has 0 saturated heterocycles. The highest BCUT2D eigenvalue weighted by Crippen LogP contribution is 2.14. The fourth-order valence-electron chi connectivity index (χ4n) is 1.23. The first kappa shape index (κ1) is 15.5. The van der Waals surface area contributed by atoms with Gasteiger partial charge in [-0.1, -0.05) is 11.8 Å². The van der Waals surface area contributed by atoms with E-state index in [1.54, 1.807) is 13.2 Å². The number of ether oxygens (including phenoxy) is 1. The Morgan fingerprint density at radius 2 is 2.26 bits per heavy atom. The van der Waals surface area contributed by atoms with E-state index in [2.05, 4.69) is 10.3 Å². The van der Waals surface area contributed by atoms with E-state index in [0.29, 0.717) is 18.2 Å². The molecule has 6 nitrogen and oxygen atoms in total. The van der Waals surface area contributed by atoms with E-state index in [9.17, 15) is 9.59 Å². The minimum Gasteiger partial charge on any atom is -0.478 e. The van der Waals surface area contributed by atoms with Gasteiger partial charge in [-0.05, 0) is 18.6 Å². The Bertz CT molecular complexity index is 422. The summed E-state index contributed by atoms with van der Waals surface area (Å²) >= 11 is 1.27. The highest BCUT2D eigenvalue weighted by molar-refractivity contribution is 7.99. The van der Waals surface area contributed by atoms with Gasteiger partial charge in [0, 0.05) is 26.5 Å². The van der Waals surface area contributed by atoms with Crippen LogP contribution in [-0.2, 0) is 9.53 Å². The normalized spacial score (nSPS) is 10.2. The number of rotatable bonds is 8. The number of hydrogen-bond acceptors (Lipinski definition) is 5. The van der Waals surface area contributed by atoms with Crippen molar-refractivity contribution in [2.45, 2.75) is 11.4 Å². The molecule has 0 saturated carbocycles. The molecule has 0 spiro atoms. The topological polar surface area (TPSA) is 88.5 Å². The number of methoxy groups -OCH3 is 1. The molecule has 2 N–H and O–H groups in total. The van der Waals surface area contributed by atoms with Crippen molar-refractivity contribution in [1.82, 2.24) is 10.3 Å². The molecule has 0 unspecified atom stereocenters. The number of carboxylic acid groups (broad SMARTS) is 1. The number of carbonyl (C=O) groups excluding carboxylic acids is 1. The molecule has 0 atom stereocenters. The van der Waals surface area contributed by atoms with Gasteiger partial charge < -0.3 is 15.2 Å². The van der Waals surface area contributed by atoms with E-state index in [0.717, 1.165) is 6.42 Å². The molecule has 104 valence electrons. The van der Waals surface area contributed by atoms with Crippen LogP contribution in [0.2, 0.25) is 0 Å². The first-order chi connectivity index (χ1) is 9.13. The molecule has 0 aliphatic rings. The molecule has 1 rings (SSSR count). The molecular weight excluding hydrogens is 268 g/mol. The smallest absolute Gasteiger partial charge is 0.337 e. The molecule has 0 radical (unpaired) electrons. The van der Waals surface area contributed by atoms with Crippen molar-refractivity contribution < 1.29 is 19.4 Å². The van der Waals surface area contributed by atoms with Crippen molar-refractivity contribution >= 4 is 23.6 Å². The second-order valence-corrected chi connectivity index (χ2v) is 4.67. The standard InChI is InChI=1S/C12H16N2O4S/c1-18-6-2-5-13-10(15)8-19-11-4-3-9(7-14-11)12(16)17/h3-4,7H,2,5-6,8H2,1H3,(H,13,15)(H,16,17). The largest absolute Gasteiger partial charge is 0.478 e. The minimum atomic E-state index is -1.01. The molecule has 1 heterocycles. The third kappa shape index (κ3) is 6.21. The summed E-state index contributed by atoms with van der Waals surface area (Å²) in [7, 11) is 1.62. The molecular formula is C12H16N2O4S. The summed E-state index contributed by atoms with van der Waals surface area (Å²) in [4.78, 5) is 26.1. The van der Waals surface area contributed by atoms with Crippen LogP contribution in [0, 0.1) is 0 Å². The van der Waals surface area contributed by atoms with Crippen LogP contribution in [0.3, 0.4) is 0 Å². The average Bonchev–Trinajstić information content (AvgIpc) is 2.42. The Morgan fingerprint density at radius 3 is 2.84 bits per heavy atom. The average molecular weight is 284 g/mol. The minimum absolute atomic E-state index is 0.0785. The van der Waals surface area contributed by atoms with Gasteiger partial charge in [-0.15, -0.1) is 0 Å². The van der Waals surface area contributed by atoms with Crippen LogP contribution in [0.25, 0.3) is 0 Å². The molecule has 1 aromatic rings. The number of carbonyl (C=O) groups is 2. The van der Waals surface area contributed by atoms with Gasteiger partial charge in [0.25, 0.3) is 0 Å². The number of nitrogens with zero attached hydrogens (tertiary/aromatic N) is 1. The highest BCUT2D eigenvalue weighted by Gasteiger charge is 2.05. The fraction of sp³-hybridized carbons (Fsp3) is 0.417. The van der Waals surface area contributed by atoms with Crippen molar-refractivity contribution in [3.63, 3.8) is 0 Å². The van der Waals surface area contributed by atoms with E-state index >= 15 is 0 Å². The summed E-state index contributed by atoms with van der Waals surface area (Å²) in [6, 6.07) is 3.06. The van der Waals surface area contributed by atoms with Crippen LogP contribution in [0.4, 0.5) is 0 Å². The maximum atomic E-state index is 11.5. The van der Waals surface area contributed by atoms with Gasteiger partial charge in [-0.3, -0.25) is 4.79 Å². The SMILES string of the molecule is COCCCNC(=O)CSc1ccc(C(=O)O)cn1. The Kier molecular flexibility index (Phi) is 6.91. The second-order valence-electron chi connectivity index (χ2n) is 3.68. The summed E-state index contributed by atoms with van der Waals surface area (Å²) in [5, 5.41) is 12.1. The fourth-order valence-corrected chi connectivity index (χ4v) is 1.90. The molecule has 19 heavy (non-hydrogen) atoms. The number of nitrogens with one attached hydrogen (secondary N) is 1. The summed E-state index contributed by atoms with van der Waals surface area (Å²) in [6.07, 6.45) is 2.06. The second kappa shape index (κ2) is 8.49. The Balaban J connectivity index is 2.28. The van der Waals surface area contributed by atoms with Crippen LogP contribution in [0.5, 0.6) is 0 Å². The Morgan fingerprint density at radius 1 is 1.47 bits per heavy atom. The Hall–Kier alpha value is -1.60. The van der Waals surface area contributed by atoms with E-state index in [1.165, 1.54) is 24.0 Å². The maximum absolute atomic E-state index is 11.5. The first-order valence-electron chi connectivity index (χ1n) is 5.71. The zero-order valence-electron chi connectivity index (χ0n) is 10.6. The van der Waals surface area contributed by atoms with Gasteiger partial charge in [0.1, 0.15) is 0 Å². The van der Waals surface area contributed by atoms with Crippen LogP contribution >= 0.6 is 11.8 Å². The Labute approximate surface area is 115 Å². The van der Waals surface area contributed by atoms with E-state index < -0.39 is 5.97 Å². The zero-order valence-corrected chi connectivity index (χ0v) is 11.4. The van der Waals surface area contributed by atoms with Gasteiger partial charge in [0.15, 0.2) is 0 Å². The molecule has 0 bridgehead atoms. The van der Waals surface area contributed by atoms with Crippen molar-refractivity contribution in [1.29, 1.82) is 0 Å². The number of hydrogen-bond donors (Lipinski definition) is 2. The third-order valence-electron chi connectivity index (χ3n) is 2.18. The predicted octanol–water partition coefficient (Wildman–Crippen LogP) is 1.02. The number of thioether (sulfide) groups is 1. The van der Waals surface area contributed by atoms with E-state index in [1.807, 2.05) is 0 Å². The van der Waals surface area contributed by atoms with Crippen molar-refractivity contribution in [3.8, 4) is 0 Å². The monoisotopic (exact) mass is 284 g/mol. The molecule has 7 heteroatoms. The van der Waals surface area contributed by atoms with Crippen LogP contribution in [-0.4, -0.2) is 48.0 Å². The van der Waals surface area contributed by atoms with E-state index in [4.69, 9.17) is 9.84 Å². The van der Waals surface area contributed by atoms with Gasteiger partial charge in [-0.2, -0.15) is 0 Å². The molecule has 0 aliphatic carbocycles. The lowest BCUT2D eigenvalue weighted by atomic mass is 10.3. The van der Waals surface area contributed by atoms with Gasteiger partial charge in [-0.25, -0.2) is 9.78 Å². The number of amides is 1.